The Morgan fingerprint density at radius 1 is 1.19 bits per heavy atom. The van der Waals surface area contributed by atoms with Crippen molar-refractivity contribution in [1.29, 1.82) is 0 Å². The van der Waals surface area contributed by atoms with E-state index in [1.807, 2.05) is 6.92 Å². The van der Waals surface area contributed by atoms with E-state index in [0.717, 1.165) is 32.2 Å². The third kappa shape index (κ3) is 3.22. The normalized spacial score (nSPS) is 20.7. The van der Waals surface area contributed by atoms with Gasteiger partial charge in [-0.15, -0.1) is 0 Å². The van der Waals surface area contributed by atoms with Crippen molar-refractivity contribution in [2.45, 2.75) is 64.0 Å². The van der Waals surface area contributed by atoms with E-state index in [0.29, 0.717) is 6.04 Å². The topological polar surface area (TPSA) is 32.3 Å². The summed E-state index contributed by atoms with van der Waals surface area (Å²) in [4.78, 5) is 14.8. The molecule has 114 valence electrons. The summed E-state index contributed by atoms with van der Waals surface area (Å²) in [7, 11) is 0. The van der Waals surface area contributed by atoms with Crippen molar-refractivity contribution in [3.63, 3.8) is 0 Å². The standard InChI is InChI=1S/C18H26N2O/c1-14(18(21)19-16-10-3-2-4-11-16)20-13-7-9-15-8-5-6-12-17(15)20/h5-6,8,12,14,16H,2-4,7,9-11,13H2,1H3,(H,19,21). The van der Waals surface area contributed by atoms with Crippen molar-refractivity contribution in [2.24, 2.45) is 0 Å². The van der Waals surface area contributed by atoms with Gasteiger partial charge in [-0.2, -0.15) is 0 Å². The molecule has 3 heteroatoms. The fraction of sp³-hybridized carbons (Fsp3) is 0.611. The van der Waals surface area contributed by atoms with E-state index in [9.17, 15) is 4.79 Å². The van der Waals surface area contributed by atoms with Crippen molar-refractivity contribution in [2.75, 3.05) is 11.4 Å². The highest BCUT2D eigenvalue weighted by Crippen LogP contribution is 2.28. The summed E-state index contributed by atoms with van der Waals surface area (Å²) in [5.74, 6) is 0.193. The van der Waals surface area contributed by atoms with Gasteiger partial charge in [0, 0.05) is 18.3 Å². The molecular formula is C18H26N2O. The number of carbonyl (C=O) groups is 1. The first kappa shape index (κ1) is 14.4. The molecular weight excluding hydrogens is 260 g/mol. The van der Waals surface area contributed by atoms with Gasteiger partial charge in [0.25, 0.3) is 0 Å². The molecule has 1 heterocycles. The minimum Gasteiger partial charge on any atom is -0.360 e. The molecule has 1 N–H and O–H groups in total. The lowest BCUT2D eigenvalue weighted by atomic mass is 9.95. The Balaban J connectivity index is 1.67. The highest BCUT2D eigenvalue weighted by Gasteiger charge is 2.27. The van der Waals surface area contributed by atoms with E-state index in [4.69, 9.17) is 0 Å². The molecule has 1 atom stereocenters. The molecule has 0 saturated heterocycles. The summed E-state index contributed by atoms with van der Waals surface area (Å²) in [6.45, 7) is 3.02. The summed E-state index contributed by atoms with van der Waals surface area (Å²) < 4.78 is 0. The lowest BCUT2D eigenvalue weighted by Crippen LogP contribution is -2.50. The van der Waals surface area contributed by atoms with Crippen LogP contribution in [0.5, 0.6) is 0 Å². The number of hydrogen-bond donors (Lipinski definition) is 1. The summed E-state index contributed by atoms with van der Waals surface area (Å²) in [5, 5.41) is 3.27. The zero-order chi connectivity index (χ0) is 14.7. The maximum atomic E-state index is 12.6. The lowest BCUT2D eigenvalue weighted by molar-refractivity contribution is -0.123. The van der Waals surface area contributed by atoms with E-state index < -0.39 is 0 Å². The molecule has 0 aromatic heterocycles. The van der Waals surface area contributed by atoms with Crippen LogP contribution in [0.15, 0.2) is 24.3 Å². The van der Waals surface area contributed by atoms with Crippen LogP contribution < -0.4 is 10.2 Å². The zero-order valence-corrected chi connectivity index (χ0v) is 13.0. The second kappa shape index (κ2) is 6.50. The van der Waals surface area contributed by atoms with Crippen LogP contribution in [0.3, 0.4) is 0 Å². The number of anilines is 1. The van der Waals surface area contributed by atoms with Gasteiger partial charge in [-0.05, 0) is 44.2 Å². The quantitative estimate of drug-likeness (QED) is 0.925. The number of para-hydroxylation sites is 1. The Bertz CT molecular complexity index is 494. The molecule has 1 aliphatic carbocycles. The van der Waals surface area contributed by atoms with Gasteiger partial charge in [0.05, 0.1) is 0 Å². The Labute approximate surface area is 127 Å². The van der Waals surface area contributed by atoms with Gasteiger partial charge in [0.15, 0.2) is 0 Å². The second-order valence-electron chi connectivity index (χ2n) is 6.45. The predicted octanol–water partition coefficient (Wildman–Crippen LogP) is 3.28. The molecule has 0 radical (unpaired) electrons. The van der Waals surface area contributed by atoms with Gasteiger partial charge in [0.2, 0.25) is 5.91 Å². The minimum absolute atomic E-state index is 0.0756. The highest BCUT2D eigenvalue weighted by molar-refractivity contribution is 5.85. The first-order valence-electron chi connectivity index (χ1n) is 8.40. The number of carbonyl (C=O) groups excluding carboxylic acids is 1. The number of amides is 1. The third-order valence-corrected chi connectivity index (χ3v) is 4.94. The van der Waals surface area contributed by atoms with Crippen LogP contribution in [-0.2, 0) is 11.2 Å². The second-order valence-corrected chi connectivity index (χ2v) is 6.45. The van der Waals surface area contributed by atoms with Crippen LogP contribution in [0.4, 0.5) is 5.69 Å². The van der Waals surface area contributed by atoms with Crippen molar-refractivity contribution in [3.05, 3.63) is 29.8 Å². The van der Waals surface area contributed by atoms with E-state index in [1.165, 1.54) is 30.5 Å². The third-order valence-electron chi connectivity index (χ3n) is 4.94. The monoisotopic (exact) mass is 286 g/mol. The fourth-order valence-corrected chi connectivity index (χ4v) is 3.68. The Morgan fingerprint density at radius 3 is 2.76 bits per heavy atom. The first-order chi connectivity index (χ1) is 10.3. The lowest BCUT2D eigenvalue weighted by Gasteiger charge is -2.36. The van der Waals surface area contributed by atoms with E-state index in [-0.39, 0.29) is 11.9 Å². The molecule has 1 unspecified atom stereocenters. The molecule has 2 aliphatic rings. The van der Waals surface area contributed by atoms with Crippen molar-refractivity contribution >= 4 is 11.6 Å². The summed E-state index contributed by atoms with van der Waals surface area (Å²) >= 11 is 0. The largest absolute Gasteiger partial charge is 0.360 e. The molecule has 21 heavy (non-hydrogen) atoms. The maximum Gasteiger partial charge on any atom is 0.242 e. The predicted molar refractivity (Wildman–Crippen MR) is 86.6 cm³/mol. The fourth-order valence-electron chi connectivity index (χ4n) is 3.68. The minimum atomic E-state index is -0.0756. The Hall–Kier alpha value is -1.51. The van der Waals surface area contributed by atoms with Crippen LogP contribution in [0.2, 0.25) is 0 Å². The van der Waals surface area contributed by atoms with Gasteiger partial charge in [-0.3, -0.25) is 4.79 Å². The van der Waals surface area contributed by atoms with Crippen LogP contribution in [0, 0.1) is 0 Å². The van der Waals surface area contributed by atoms with Gasteiger partial charge in [-0.25, -0.2) is 0 Å². The molecule has 0 spiro atoms. The van der Waals surface area contributed by atoms with Gasteiger partial charge in [0.1, 0.15) is 6.04 Å². The Kier molecular flexibility index (Phi) is 4.47. The van der Waals surface area contributed by atoms with E-state index >= 15 is 0 Å². The van der Waals surface area contributed by atoms with Crippen LogP contribution in [-0.4, -0.2) is 24.5 Å². The number of rotatable bonds is 3. The first-order valence-corrected chi connectivity index (χ1v) is 8.40. The summed E-state index contributed by atoms with van der Waals surface area (Å²) in [6.07, 6.45) is 8.39. The number of hydrogen-bond acceptors (Lipinski definition) is 2. The highest BCUT2D eigenvalue weighted by atomic mass is 16.2. The molecule has 0 bridgehead atoms. The SMILES string of the molecule is CC(C(=O)NC1CCCCC1)N1CCCc2ccccc21. The molecule has 1 aliphatic heterocycles. The molecule has 1 aromatic carbocycles. The molecule has 1 fully saturated rings. The maximum absolute atomic E-state index is 12.6. The molecule has 1 saturated carbocycles. The number of nitrogens with one attached hydrogen (secondary N) is 1. The van der Waals surface area contributed by atoms with Gasteiger partial charge >= 0.3 is 0 Å². The summed E-state index contributed by atoms with van der Waals surface area (Å²) in [5.41, 5.74) is 2.62. The molecule has 3 rings (SSSR count). The number of aryl methyl sites for hydroxylation is 1. The van der Waals surface area contributed by atoms with Crippen molar-refractivity contribution in [1.82, 2.24) is 5.32 Å². The smallest absolute Gasteiger partial charge is 0.242 e. The number of fused-ring (bicyclic) bond motifs is 1. The average molecular weight is 286 g/mol. The van der Waals surface area contributed by atoms with Crippen LogP contribution in [0.25, 0.3) is 0 Å². The van der Waals surface area contributed by atoms with Crippen molar-refractivity contribution in [3.8, 4) is 0 Å². The Morgan fingerprint density at radius 2 is 1.95 bits per heavy atom. The molecule has 1 amide bonds. The van der Waals surface area contributed by atoms with E-state index in [1.54, 1.807) is 0 Å². The molecule has 1 aromatic rings. The van der Waals surface area contributed by atoms with Crippen LogP contribution >= 0.6 is 0 Å². The van der Waals surface area contributed by atoms with Gasteiger partial charge in [-0.1, -0.05) is 37.5 Å². The summed E-state index contributed by atoms with van der Waals surface area (Å²) in [6, 6.07) is 8.83. The zero-order valence-electron chi connectivity index (χ0n) is 13.0. The average Bonchev–Trinajstić information content (AvgIpc) is 2.54. The van der Waals surface area contributed by atoms with Gasteiger partial charge < -0.3 is 10.2 Å². The van der Waals surface area contributed by atoms with Crippen molar-refractivity contribution < 1.29 is 4.79 Å². The van der Waals surface area contributed by atoms with Crippen LogP contribution in [0.1, 0.15) is 51.0 Å². The number of benzene rings is 1. The van der Waals surface area contributed by atoms with E-state index in [2.05, 4.69) is 34.5 Å². The number of nitrogens with zero attached hydrogens (tertiary/aromatic N) is 1. The molecule has 3 nitrogen and oxygen atoms in total.